The van der Waals surface area contributed by atoms with Crippen molar-refractivity contribution in [2.45, 2.75) is 65.1 Å². The number of ether oxygens (including phenoxy) is 1. The summed E-state index contributed by atoms with van der Waals surface area (Å²) in [4.78, 5) is 23.3. The topological polar surface area (TPSA) is 85.7 Å². The molecule has 1 aliphatic carbocycles. The molecule has 7 rings (SSSR count). The molecule has 0 atom stereocenters. The number of aryl methyl sites for hydroxylation is 1. The maximum absolute atomic E-state index is 13.7. The number of carbonyl (C=O) groups is 1. The van der Waals surface area contributed by atoms with Gasteiger partial charge in [0.05, 0.1) is 29.6 Å². The van der Waals surface area contributed by atoms with Gasteiger partial charge in [-0.15, -0.1) is 0 Å². The summed E-state index contributed by atoms with van der Waals surface area (Å²) < 4.78 is 12.0. The molecule has 1 saturated heterocycles. The van der Waals surface area contributed by atoms with E-state index in [0.29, 0.717) is 42.9 Å². The highest BCUT2D eigenvalue weighted by atomic mass is 16.5. The Bertz CT molecular complexity index is 1770. The number of hydrogen-bond acceptors (Lipinski definition) is 7. The fraction of sp³-hybridized carbons (Fsp3) is 0.471. The number of piperazine rings is 1. The average Bonchev–Trinajstić information content (AvgIpc) is 3.45. The molecule has 4 aromatic heterocycles. The number of nitrogens with zero attached hydrogens (tertiary/aromatic N) is 8. The molecule has 5 heterocycles. The Hall–Kier alpha value is -4.02. The van der Waals surface area contributed by atoms with E-state index < -0.39 is 0 Å². The fourth-order valence-electron chi connectivity index (χ4n) is 6.38. The molecule has 10 heteroatoms. The number of carbonyl (C=O) groups excluding carboxylic acids is 1. The average molecular weight is 595 g/mol. The van der Waals surface area contributed by atoms with Crippen molar-refractivity contribution in [1.82, 2.24) is 38.7 Å². The van der Waals surface area contributed by atoms with E-state index in [9.17, 15) is 4.79 Å². The van der Waals surface area contributed by atoms with E-state index in [4.69, 9.17) is 9.84 Å². The minimum absolute atomic E-state index is 0.0374. The Morgan fingerprint density at radius 2 is 1.89 bits per heavy atom. The summed E-state index contributed by atoms with van der Waals surface area (Å²) in [6.07, 6.45) is 8.18. The van der Waals surface area contributed by atoms with Crippen LogP contribution in [0.25, 0.3) is 16.6 Å². The van der Waals surface area contributed by atoms with Crippen LogP contribution in [-0.4, -0.2) is 89.9 Å². The lowest BCUT2D eigenvalue weighted by atomic mass is 10.00. The van der Waals surface area contributed by atoms with Gasteiger partial charge < -0.3 is 4.74 Å². The highest BCUT2D eigenvalue weighted by Crippen LogP contribution is 2.43. The predicted molar refractivity (Wildman–Crippen MR) is 171 cm³/mol. The van der Waals surface area contributed by atoms with Crippen molar-refractivity contribution in [2.75, 3.05) is 39.3 Å². The quantitative estimate of drug-likeness (QED) is 0.194. The molecule has 5 aromatic rings. The van der Waals surface area contributed by atoms with Crippen LogP contribution in [0.5, 0.6) is 5.75 Å². The van der Waals surface area contributed by atoms with Gasteiger partial charge in [0.1, 0.15) is 23.7 Å². The van der Waals surface area contributed by atoms with E-state index in [1.807, 2.05) is 39.7 Å². The second kappa shape index (κ2) is 12.2. The van der Waals surface area contributed by atoms with Crippen LogP contribution in [-0.2, 0) is 19.5 Å². The van der Waals surface area contributed by atoms with Gasteiger partial charge in [-0.25, -0.2) is 4.98 Å². The summed E-state index contributed by atoms with van der Waals surface area (Å²) >= 11 is 0. The first-order chi connectivity index (χ1) is 21.5. The van der Waals surface area contributed by atoms with Gasteiger partial charge in [-0.1, -0.05) is 12.1 Å². The summed E-state index contributed by atoms with van der Waals surface area (Å²) in [6.45, 7) is 14.0. The molecule has 0 bridgehead atoms. The number of Topliss-reactive ketones (excluding diaryl/α,β-unsaturated/α-hetero) is 1. The third-order valence-corrected chi connectivity index (χ3v) is 9.12. The van der Waals surface area contributed by atoms with Gasteiger partial charge in [-0.3, -0.25) is 28.4 Å². The lowest BCUT2D eigenvalue weighted by molar-refractivity contribution is 0.0970. The maximum atomic E-state index is 13.7. The first-order valence-corrected chi connectivity index (χ1v) is 16.1. The molecule has 2 fully saturated rings. The Labute approximate surface area is 258 Å². The molecular formula is C34H42N8O2. The third-order valence-electron chi connectivity index (χ3n) is 9.12. The van der Waals surface area contributed by atoms with E-state index in [2.05, 4.69) is 63.5 Å². The second-order valence-corrected chi connectivity index (χ2v) is 12.4. The monoisotopic (exact) mass is 594 g/mol. The fourth-order valence-corrected chi connectivity index (χ4v) is 6.38. The molecule has 0 radical (unpaired) electrons. The highest BCUT2D eigenvalue weighted by molar-refractivity contribution is 5.99. The molecule has 2 aliphatic rings. The number of pyridine rings is 1. The van der Waals surface area contributed by atoms with Crippen LogP contribution in [0.3, 0.4) is 0 Å². The summed E-state index contributed by atoms with van der Waals surface area (Å²) in [6, 6.07) is 12.7. The summed E-state index contributed by atoms with van der Waals surface area (Å²) in [5.74, 6) is 1.27. The van der Waals surface area contributed by atoms with Gasteiger partial charge in [0.2, 0.25) is 0 Å². The van der Waals surface area contributed by atoms with E-state index in [-0.39, 0.29) is 5.78 Å². The van der Waals surface area contributed by atoms with Crippen LogP contribution in [0.1, 0.15) is 67.0 Å². The molecule has 0 amide bonds. The summed E-state index contributed by atoms with van der Waals surface area (Å²) in [7, 11) is 0. The van der Waals surface area contributed by atoms with Gasteiger partial charge in [-0.2, -0.15) is 10.2 Å². The van der Waals surface area contributed by atoms with Crippen LogP contribution >= 0.6 is 0 Å². The largest absolute Gasteiger partial charge is 0.492 e. The molecule has 0 N–H and O–H groups in total. The van der Waals surface area contributed by atoms with E-state index >= 15 is 0 Å². The normalized spacial score (nSPS) is 16.5. The molecule has 0 unspecified atom stereocenters. The molecule has 0 spiro atoms. The third kappa shape index (κ3) is 5.88. The zero-order valence-electron chi connectivity index (χ0n) is 26.0. The predicted octanol–water partition coefficient (Wildman–Crippen LogP) is 4.66. The lowest BCUT2D eigenvalue weighted by Gasteiger charge is -2.36. The molecule has 230 valence electrons. The summed E-state index contributed by atoms with van der Waals surface area (Å²) in [5.41, 5.74) is 5.47. The second-order valence-electron chi connectivity index (χ2n) is 12.4. The van der Waals surface area contributed by atoms with Gasteiger partial charge in [0.25, 0.3) is 0 Å². The van der Waals surface area contributed by atoms with Crippen LogP contribution in [0.2, 0.25) is 0 Å². The number of fused-ring (bicyclic) bond motifs is 2. The Balaban J connectivity index is 1.05. The zero-order valence-corrected chi connectivity index (χ0v) is 26.0. The van der Waals surface area contributed by atoms with E-state index in [0.717, 1.165) is 85.7 Å². The van der Waals surface area contributed by atoms with Gasteiger partial charge in [0, 0.05) is 81.5 Å². The van der Waals surface area contributed by atoms with Crippen LogP contribution in [0.4, 0.5) is 0 Å². The zero-order chi connectivity index (χ0) is 30.2. The van der Waals surface area contributed by atoms with E-state index in [1.165, 1.54) is 0 Å². The van der Waals surface area contributed by atoms with Gasteiger partial charge in [-0.05, 0) is 57.4 Å². The minimum atomic E-state index is 0.0374. The van der Waals surface area contributed by atoms with Gasteiger partial charge >= 0.3 is 0 Å². The first kappa shape index (κ1) is 28.7. The number of ketones is 1. The van der Waals surface area contributed by atoms with Crippen LogP contribution < -0.4 is 4.74 Å². The molecule has 10 nitrogen and oxygen atoms in total. The standard InChI is InChI=1S/C34H42N8O2/c1-4-40-12-10-27(36-40)23-42-29-7-5-6-26(33(29)34(37-42)25-8-9-25)20-31(43)30-22-35-32-21-28(11-13-41(30)32)44-19-18-38-14-16-39(17-15-38)24(2)3/h5-7,10-13,21-22,24-25H,4,8-9,14-20,23H2,1-3H3. The van der Waals surface area contributed by atoms with Gasteiger partial charge in [0.15, 0.2) is 5.78 Å². The van der Waals surface area contributed by atoms with Crippen molar-refractivity contribution in [2.24, 2.45) is 0 Å². The van der Waals surface area contributed by atoms with E-state index in [1.54, 1.807) is 6.20 Å². The highest BCUT2D eigenvalue weighted by Gasteiger charge is 2.31. The Morgan fingerprint density at radius 1 is 1.05 bits per heavy atom. The minimum Gasteiger partial charge on any atom is -0.492 e. The van der Waals surface area contributed by atoms with Crippen molar-refractivity contribution in [1.29, 1.82) is 0 Å². The molecule has 1 aromatic carbocycles. The molecule has 1 aliphatic heterocycles. The molecule has 1 saturated carbocycles. The maximum Gasteiger partial charge on any atom is 0.185 e. The SMILES string of the molecule is CCn1ccc(Cn2nc(C3CC3)c3c(CC(=O)c4cnc5cc(OCCN6CCN(C(C)C)CC6)ccn45)cccc32)n1. The van der Waals surface area contributed by atoms with Crippen molar-refractivity contribution >= 4 is 22.3 Å². The Morgan fingerprint density at radius 3 is 2.64 bits per heavy atom. The number of hydrogen-bond donors (Lipinski definition) is 0. The number of benzene rings is 1. The van der Waals surface area contributed by atoms with Crippen molar-refractivity contribution in [3.8, 4) is 5.75 Å². The first-order valence-electron chi connectivity index (χ1n) is 16.1. The summed E-state index contributed by atoms with van der Waals surface area (Å²) in [5, 5.41) is 10.8. The number of rotatable bonds is 12. The Kier molecular flexibility index (Phi) is 7.95. The number of imidazole rings is 1. The number of aromatic nitrogens is 6. The van der Waals surface area contributed by atoms with Crippen LogP contribution in [0, 0.1) is 0 Å². The van der Waals surface area contributed by atoms with Crippen molar-refractivity contribution < 1.29 is 9.53 Å². The van der Waals surface area contributed by atoms with Crippen molar-refractivity contribution in [3.63, 3.8) is 0 Å². The van der Waals surface area contributed by atoms with Crippen LogP contribution in [0.15, 0.2) is 55.0 Å². The molecular weight excluding hydrogens is 552 g/mol. The lowest BCUT2D eigenvalue weighted by Crippen LogP contribution is -2.49. The van der Waals surface area contributed by atoms with Crippen molar-refractivity contribution in [3.05, 3.63) is 77.6 Å². The molecule has 44 heavy (non-hydrogen) atoms. The smallest absolute Gasteiger partial charge is 0.185 e.